The summed E-state index contributed by atoms with van der Waals surface area (Å²) in [5, 5.41) is 0. The topological polar surface area (TPSA) is 43.4 Å². The highest BCUT2D eigenvalue weighted by molar-refractivity contribution is 8.33. The summed E-state index contributed by atoms with van der Waals surface area (Å²) in [6.07, 6.45) is 0. The first kappa shape index (κ1) is 23.1. The largest absolute Gasteiger partial charge is 0.524 e. The van der Waals surface area contributed by atoms with Gasteiger partial charge in [0.05, 0.1) is 0 Å². The third kappa shape index (κ3) is 4.55. The Bertz CT molecular complexity index is 1120. The van der Waals surface area contributed by atoms with Crippen LogP contribution in [-0.2, 0) is 13.7 Å². The molecule has 3 aromatic rings. The quantitative estimate of drug-likeness (QED) is 0.315. The number of halogens is 7. The lowest BCUT2D eigenvalue weighted by atomic mass is 10.3. The van der Waals surface area contributed by atoms with E-state index in [4.69, 9.17) is 0 Å². The second kappa shape index (κ2) is 8.17. The van der Waals surface area contributed by atoms with Crippen molar-refractivity contribution in [2.24, 2.45) is 0 Å². The monoisotopic (exact) mass is 484 g/mol. The van der Waals surface area contributed by atoms with Gasteiger partial charge in [-0.3, -0.25) is 0 Å². The molecule has 0 heterocycles. The van der Waals surface area contributed by atoms with Gasteiger partial charge >= 0.3 is 15.6 Å². The molecule has 0 unspecified atom stereocenters. The highest BCUT2D eigenvalue weighted by atomic mass is 32.3. The molecule has 0 atom stereocenters. The van der Waals surface area contributed by atoms with Crippen LogP contribution in [0.3, 0.4) is 0 Å². The van der Waals surface area contributed by atoms with Gasteiger partial charge in [-0.25, -0.2) is 17.6 Å². The molecule has 0 aliphatic carbocycles. The van der Waals surface area contributed by atoms with Gasteiger partial charge in [-0.15, -0.1) is 0 Å². The SMILES string of the molecule is O=S(=O)(OS(c1ccccc1)(c1cc(F)cc(F)c1)c1cc(F)cc(F)c1)C(F)(F)F. The Morgan fingerprint density at radius 1 is 0.613 bits per heavy atom. The van der Waals surface area contributed by atoms with Crippen LogP contribution in [0.15, 0.2) is 81.4 Å². The first-order chi connectivity index (χ1) is 14.3. The van der Waals surface area contributed by atoms with Crippen LogP contribution in [-0.4, -0.2) is 13.9 Å². The van der Waals surface area contributed by atoms with E-state index >= 15 is 0 Å². The maximum Gasteiger partial charge on any atom is 0.524 e. The zero-order valence-corrected chi connectivity index (χ0v) is 16.7. The summed E-state index contributed by atoms with van der Waals surface area (Å²) in [7, 11) is -10.6. The smallest absolute Gasteiger partial charge is 0.207 e. The third-order valence-electron chi connectivity index (χ3n) is 3.89. The van der Waals surface area contributed by atoms with Crippen LogP contribution < -0.4 is 0 Å². The lowest BCUT2D eigenvalue weighted by Crippen LogP contribution is -2.27. The van der Waals surface area contributed by atoms with Crippen molar-refractivity contribution in [3.8, 4) is 0 Å². The van der Waals surface area contributed by atoms with Crippen molar-refractivity contribution in [3.63, 3.8) is 0 Å². The molecule has 0 radical (unpaired) electrons. The summed E-state index contributed by atoms with van der Waals surface area (Å²) in [5.74, 6) is -5.08. The van der Waals surface area contributed by atoms with Crippen molar-refractivity contribution in [2.45, 2.75) is 20.2 Å². The molecule has 3 aromatic carbocycles. The summed E-state index contributed by atoms with van der Waals surface area (Å²) in [5.41, 5.74) is -5.93. The minimum Gasteiger partial charge on any atom is -0.207 e. The Morgan fingerprint density at radius 3 is 1.35 bits per heavy atom. The van der Waals surface area contributed by atoms with Crippen molar-refractivity contribution in [3.05, 3.63) is 90.0 Å². The van der Waals surface area contributed by atoms with E-state index in [9.17, 15) is 39.2 Å². The van der Waals surface area contributed by atoms with E-state index < -0.39 is 59.0 Å². The molecule has 31 heavy (non-hydrogen) atoms. The van der Waals surface area contributed by atoms with Crippen molar-refractivity contribution >= 4 is 20.4 Å². The van der Waals surface area contributed by atoms with Crippen molar-refractivity contribution < 1.29 is 42.8 Å². The first-order valence-electron chi connectivity index (χ1n) is 8.18. The lowest BCUT2D eigenvalue weighted by Gasteiger charge is -2.39. The number of alkyl halides is 3. The minimum absolute atomic E-state index is 0.308. The Balaban J connectivity index is 2.50. The Hall–Kier alpha value is -2.57. The van der Waals surface area contributed by atoms with Gasteiger partial charge in [-0.1, -0.05) is 18.2 Å². The summed E-state index contributed by atoms with van der Waals surface area (Å²) < 4.78 is 124. The Morgan fingerprint density at radius 2 is 1.00 bits per heavy atom. The molecule has 3 rings (SSSR count). The zero-order valence-electron chi connectivity index (χ0n) is 15.0. The van der Waals surface area contributed by atoms with Crippen LogP contribution in [0.1, 0.15) is 0 Å². The molecule has 0 saturated carbocycles. The normalized spacial score (nSPS) is 13.3. The fourth-order valence-electron chi connectivity index (χ4n) is 2.70. The van der Waals surface area contributed by atoms with Crippen molar-refractivity contribution in [1.82, 2.24) is 0 Å². The van der Waals surface area contributed by atoms with Crippen LogP contribution in [0.2, 0.25) is 0 Å². The van der Waals surface area contributed by atoms with Gasteiger partial charge < -0.3 is 0 Å². The maximum atomic E-state index is 14.0. The molecule has 0 aromatic heterocycles. The molecule has 0 aliphatic rings. The van der Waals surface area contributed by atoms with E-state index in [1.807, 2.05) is 0 Å². The number of rotatable bonds is 5. The van der Waals surface area contributed by atoms with E-state index in [-0.39, 0.29) is 4.90 Å². The fraction of sp³-hybridized carbons (Fsp3) is 0.0526. The molecule has 0 saturated heterocycles. The summed E-state index contributed by atoms with van der Waals surface area (Å²) in [6, 6.07) is 9.18. The zero-order chi connectivity index (χ0) is 23.0. The lowest BCUT2D eigenvalue weighted by molar-refractivity contribution is -0.0496. The highest BCUT2D eigenvalue weighted by Gasteiger charge is 2.52. The third-order valence-corrected chi connectivity index (χ3v) is 8.72. The molecule has 0 bridgehead atoms. The molecule has 3 nitrogen and oxygen atoms in total. The predicted octanol–water partition coefficient (Wildman–Crippen LogP) is 6.31. The Labute approximate surface area is 173 Å². The van der Waals surface area contributed by atoms with E-state index in [0.29, 0.717) is 36.4 Å². The predicted molar refractivity (Wildman–Crippen MR) is 97.6 cm³/mol. The van der Waals surface area contributed by atoms with E-state index in [1.54, 1.807) is 0 Å². The van der Waals surface area contributed by atoms with Gasteiger partial charge in [0.1, 0.15) is 23.3 Å². The standard InChI is InChI=1S/C19H11F7O3S2/c20-12-6-13(21)9-17(8-12)30(16-4-2-1-3-5-16,29-31(27,28)19(24,25)26)18-10-14(22)7-15(23)11-18/h1-11H. The van der Waals surface area contributed by atoms with Gasteiger partial charge in [0.15, 0.2) is 0 Å². The molecule has 166 valence electrons. The second-order valence-electron chi connectivity index (χ2n) is 6.05. The molecular weight excluding hydrogens is 473 g/mol. The van der Waals surface area contributed by atoms with Gasteiger partial charge in [0, 0.05) is 26.8 Å². The average molecular weight is 484 g/mol. The van der Waals surface area contributed by atoms with Crippen molar-refractivity contribution in [2.75, 3.05) is 0 Å². The van der Waals surface area contributed by atoms with Crippen LogP contribution in [0.4, 0.5) is 30.7 Å². The van der Waals surface area contributed by atoms with Crippen LogP contribution in [0, 0.1) is 23.3 Å². The minimum atomic E-state index is -6.40. The molecule has 0 spiro atoms. The molecule has 0 fully saturated rings. The van der Waals surface area contributed by atoms with Crippen LogP contribution >= 0.6 is 10.3 Å². The maximum absolute atomic E-state index is 14.0. The summed E-state index contributed by atoms with van der Waals surface area (Å²) in [6.45, 7) is 0. The average Bonchev–Trinajstić information content (AvgIpc) is 2.64. The van der Waals surface area contributed by atoms with Gasteiger partial charge in [0.25, 0.3) is 0 Å². The fourth-order valence-corrected chi connectivity index (χ4v) is 7.50. The summed E-state index contributed by atoms with van der Waals surface area (Å²) >= 11 is 0. The molecule has 0 amide bonds. The number of benzene rings is 3. The number of hydrogen-bond acceptors (Lipinski definition) is 3. The van der Waals surface area contributed by atoms with Crippen molar-refractivity contribution in [1.29, 1.82) is 0 Å². The molecule has 12 heteroatoms. The summed E-state index contributed by atoms with van der Waals surface area (Å²) in [4.78, 5) is -1.71. The Kier molecular flexibility index (Phi) is 6.09. The molecule has 0 N–H and O–H groups in total. The van der Waals surface area contributed by atoms with Crippen LogP contribution in [0.5, 0.6) is 0 Å². The highest BCUT2D eigenvalue weighted by Crippen LogP contribution is 2.70. The number of hydrogen-bond donors (Lipinski definition) is 0. The van der Waals surface area contributed by atoms with Gasteiger partial charge in [-0.05, 0) is 46.7 Å². The van der Waals surface area contributed by atoms with E-state index in [1.165, 1.54) is 18.2 Å². The van der Waals surface area contributed by atoms with E-state index in [0.717, 1.165) is 12.1 Å². The van der Waals surface area contributed by atoms with Crippen LogP contribution in [0.25, 0.3) is 0 Å². The van der Waals surface area contributed by atoms with Gasteiger partial charge in [0.2, 0.25) is 0 Å². The van der Waals surface area contributed by atoms with E-state index in [2.05, 4.69) is 3.63 Å². The van der Waals surface area contributed by atoms with Gasteiger partial charge in [-0.2, -0.15) is 25.2 Å². The second-order valence-corrected chi connectivity index (χ2v) is 10.5. The first-order valence-corrected chi connectivity index (χ1v) is 11.1. The molecular formula is C19H11F7O3S2. The molecule has 0 aliphatic heterocycles.